The first kappa shape index (κ1) is 24.4. The number of benzene rings is 1. The number of nitrogens with one attached hydrogen (secondary N) is 2. The van der Waals surface area contributed by atoms with Gasteiger partial charge in [-0.2, -0.15) is 0 Å². The Kier molecular flexibility index (Phi) is 6.62. The van der Waals surface area contributed by atoms with Crippen LogP contribution in [-0.4, -0.2) is 67.9 Å². The second-order valence-corrected chi connectivity index (χ2v) is 12.9. The first-order chi connectivity index (χ1) is 17.4. The van der Waals surface area contributed by atoms with Gasteiger partial charge in [-0.15, -0.1) is 0 Å². The lowest BCUT2D eigenvalue weighted by Gasteiger charge is -2.55. The highest BCUT2D eigenvalue weighted by atomic mass is 16.2. The van der Waals surface area contributed by atoms with Gasteiger partial charge >= 0.3 is 0 Å². The zero-order valence-electron chi connectivity index (χ0n) is 22.2. The Morgan fingerprint density at radius 2 is 1.69 bits per heavy atom. The van der Waals surface area contributed by atoms with E-state index in [1.54, 1.807) is 0 Å². The first-order valence-corrected chi connectivity index (χ1v) is 14.5. The SMILES string of the molecule is CN(C)CCCC(=O)N1CC2(CCNCC2)c2ccccc2C1C(=O)NC1C2CC3CC(C2)CC1C3. The summed E-state index contributed by atoms with van der Waals surface area (Å²) in [6.45, 7) is 3.46. The number of nitrogens with zero attached hydrogens (tertiary/aromatic N) is 2. The van der Waals surface area contributed by atoms with Crippen LogP contribution in [0.25, 0.3) is 0 Å². The van der Waals surface area contributed by atoms with Crippen LogP contribution in [0.3, 0.4) is 0 Å². The molecule has 1 saturated heterocycles. The summed E-state index contributed by atoms with van der Waals surface area (Å²) in [5.74, 6) is 3.21. The molecule has 7 rings (SSSR count). The van der Waals surface area contributed by atoms with Crippen molar-refractivity contribution in [2.75, 3.05) is 40.3 Å². The molecule has 6 heteroatoms. The van der Waals surface area contributed by atoms with Crippen LogP contribution in [0.5, 0.6) is 0 Å². The molecule has 5 fully saturated rings. The molecule has 1 spiro atoms. The molecule has 2 amide bonds. The summed E-state index contributed by atoms with van der Waals surface area (Å²) in [5, 5.41) is 7.08. The van der Waals surface area contributed by atoms with Crippen LogP contribution in [0.2, 0.25) is 0 Å². The lowest BCUT2D eigenvalue weighted by atomic mass is 9.54. The second-order valence-electron chi connectivity index (χ2n) is 12.9. The first-order valence-electron chi connectivity index (χ1n) is 14.5. The Hall–Kier alpha value is -1.92. The third kappa shape index (κ3) is 4.38. The number of carbonyl (C=O) groups is 2. The van der Waals surface area contributed by atoms with E-state index in [1.165, 1.54) is 37.7 Å². The van der Waals surface area contributed by atoms with Crippen LogP contribution in [0.4, 0.5) is 0 Å². The van der Waals surface area contributed by atoms with Crippen molar-refractivity contribution in [3.8, 4) is 0 Å². The van der Waals surface area contributed by atoms with E-state index >= 15 is 0 Å². The molecule has 1 atom stereocenters. The maximum absolute atomic E-state index is 14.2. The van der Waals surface area contributed by atoms with Gasteiger partial charge in [-0.1, -0.05) is 24.3 Å². The van der Waals surface area contributed by atoms with Crippen LogP contribution in [0, 0.1) is 23.7 Å². The maximum Gasteiger partial charge on any atom is 0.247 e. The predicted molar refractivity (Wildman–Crippen MR) is 141 cm³/mol. The van der Waals surface area contributed by atoms with Crippen molar-refractivity contribution in [2.45, 2.75) is 75.3 Å². The van der Waals surface area contributed by atoms with E-state index in [1.807, 2.05) is 19.0 Å². The van der Waals surface area contributed by atoms with Gasteiger partial charge in [-0.3, -0.25) is 9.59 Å². The fraction of sp³-hybridized carbons (Fsp3) is 0.733. The van der Waals surface area contributed by atoms with E-state index < -0.39 is 6.04 Å². The van der Waals surface area contributed by atoms with Crippen LogP contribution in [-0.2, 0) is 15.0 Å². The highest BCUT2D eigenvalue weighted by molar-refractivity contribution is 5.90. The molecule has 0 aromatic heterocycles. The van der Waals surface area contributed by atoms with Crippen LogP contribution < -0.4 is 10.6 Å². The molecule has 2 N–H and O–H groups in total. The molecule has 6 nitrogen and oxygen atoms in total. The second kappa shape index (κ2) is 9.75. The molecule has 1 aromatic carbocycles. The zero-order valence-corrected chi connectivity index (χ0v) is 22.2. The Balaban J connectivity index is 1.30. The van der Waals surface area contributed by atoms with Crippen molar-refractivity contribution in [3.05, 3.63) is 35.4 Å². The van der Waals surface area contributed by atoms with Gasteiger partial charge in [-0.05, 0) is 120 Å². The van der Waals surface area contributed by atoms with Crippen molar-refractivity contribution < 1.29 is 9.59 Å². The van der Waals surface area contributed by atoms with Crippen LogP contribution in [0.1, 0.15) is 75.0 Å². The molecule has 0 radical (unpaired) electrons. The largest absolute Gasteiger partial charge is 0.351 e. The predicted octanol–water partition coefficient (Wildman–Crippen LogP) is 3.47. The third-order valence-electron chi connectivity index (χ3n) is 10.3. The number of piperidine rings is 1. The molecule has 1 unspecified atom stereocenters. The summed E-state index contributed by atoms with van der Waals surface area (Å²) in [6, 6.07) is 8.31. The van der Waals surface area contributed by atoms with Crippen LogP contribution >= 0.6 is 0 Å². The van der Waals surface area contributed by atoms with E-state index in [-0.39, 0.29) is 23.3 Å². The molecule has 196 valence electrons. The van der Waals surface area contributed by atoms with E-state index in [4.69, 9.17) is 0 Å². The lowest BCUT2D eigenvalue weighted by Crippen LogP contribution is -2.60. The van der Waals surface area contributed by atoms with Gasteiger partial charge in [0.1, 0.15) is 6.04 Å². The van der Waals surface area contributed by atoms with E-state index in [0.29, 0.717) is 24.8 Å². The average Bonchev–Trinajstić information content (AvgIpc) is 2.86. The molecular formula is C30H44N4O2. The summed E-state index contributed by atoms with van der Waals surface area (Å²) in [4.78, 5) is 32.1. The minimum Gasteiger partial charge on any atom is -0.351 e. The summed E-state index contributed by atoms with van der Waals surface area (Å²) in [6.07, 6.45) is 9.87. The third-order valence-corrected chi connectivity index (χ3v) is 10.3. The number of hydrogen-bond donors (Lipinski definition) is 2. The van der Waals surface area contributed by atoms with Crippen LogP contribution in [0.15, 0.2) is 24.3 Å². The van der Waals surface area contributed by atoms with Gasteiger partial charge < -0.3 is 20.4 Å². The Morgan fingerprint density at radius 1 is 1.03 bits per heavy atom. The molecule has 2 aliphatic heterocycles. The number of carbonyl (C=O) groups excluding carboxylic acids is 2. The van der Waals surface area contributed by atoms with Gasteiger partial charge in [0.05, 0.1) is 0 Å². The van der Waals surface area contributed by atoms with Crippen molar-refractivity contribution >= 4 is 11.8 Å². The Bertz CT molecular complexity index is 957. The van der Waals surface area contributed by atoms with Crippen molar-refractivity contribution in [1.82, 2.24) is 20.4 Å². The highest BCUT2D eigenvalue weighted by Gasteiger charge is 2.51. The zero-order chi connectivity index (χ0) is 24.9. The molecule has 6 aliphatic rings. The fourth-order valence-corrected chi connectivity index (χ4v) is 8.83. The number of hydrogen-bond acceptors (Lipinski definition) is 4. The molecule has 4 aliphatic carbocycles. The monoisotopic (exact) mass is 492 g/mol. The molecule has 4 bridgehead atoms. The summed E-state index contributed by atoms with van der Waals surface area (Å²) in [5.41, 5.74) is 2.31. The Morgan fingerprint density at radius 3 is 2.36 bits per heavy atom. The van der Waals surface area contributed by atoms with E-state index in [2.05, 4.69) is 39.8 Å². The fourth-order valence-electron chi connectivity index (χ4n) is 8.83. The van der Waals surface area contributed by atoms with E-state index in [0.717, 1.165) is 56.3 Å². The molecular weight excluding hydrogens is 448 g/mol. The standard InChI is InChI=1S/C30H44N4O2/c1-33(2)13-5-8-26(35)34-19-30(9-11-31-12-10-30)25-7-4-3-6-24(25)28(34)29(36)32-27-22-15-20-14-21(17-22)18-23(27)16-20/h3-4,6-7,20-23,27-28,31H,5,8-19H2,1-2H3,(H,32,36). The summed E-state index contributed by atoms with van der Waals surface area (Å²) >= 11 is 0. The van der Waals surface area contributed by atoms with Crippen molar-refractivity contribution in [3.63, 3.8) is 0 Å². The molecule has 36 heavy (non-hydrogen) atoms. The number of fused-ring (bicyclic) bond motifs is 2. The minimum absolute atomic E-state index is 0.0571. The quantitative estimate of drug-likeness (QED) is 0.638. The van der Waals surface area contributed by atoms with Gasteiger partial charge in [0.15, 0.2) is 0 Å². The summed E-state index contributed by atoms with van der Waals surface area (Å²) in [7, 11) is 4.10. The van der Waals surface area contributed by atoms with Gasteiger partial charge in [0.25, 0.3) is 0 Å². The molecule has 1 aromatic rings. The topological polar surface area (TPSA) is 64.7 Å². The lowest BCUT2D eigenvalue weighted by molar-refractivity contribution is -0.145. The minimum atomic E-state index is -0.509. The van der Waals surface area contributed by atoms with Gasteiger partial charge in [-0.25, -0.2) is 0 Å². The maximum atomic E-state index is 14.2. The van der Waals surface area contributed by atoms with Crippen molar-refractivity contribution in [1.29, 1.82) is 0 Å². The highest BCUT2D eigenvalue weighted by Crippen LogP contribution is 2.54. The normalized spacial score (nSPS) is 34.1. The smallest absolute Gasteiger partial charge is 0.247 e. The van der Waals surface area contributed by atoms with E-state index in [9.17, 15) is 9.59 Å². The van der Waals surface area contributed by atoms with Gasteiger partial charge in [0.2, 0.25) is 11.8 Å². The molecule has 2 heterocycles. The Labute approximate surface area is 216 Å². The van der Waals surface area contributed by atoms with Crippen molar-refractivity contribution in [2.24, 2.45) is 23.7 Å². The molecule has 4 saturated carbocycles. The summed E-state index contributed by atoms with van der Waals surface area (Å²) < 4.78 is 0. The number of amides is 2. The van der Waals surface area contributed by atoms with Gasteiger partial charge in [0, 0.05) is 24.4 Å². The average molecular weight is 493 g/mol. The number of rotatable bonds is 6.